The molecular weight excluding hydrogens is 402 g/mol. The first kappa shape index (κ1) is 25.8. The number of amides is 1. The zero-order valence-electron chi connectivity index (χ0n) is 20.4. The number of esters is 1. The van der Waals surface area contributed by atoms with Crippen molar-refractivity contribution in [3.63, 3.8) is 0 Å². The lowest BCUT2D eigenvalue weighted by Gasteiger charge is -2.38. The van der Waals surface area contributed by atoms with Crippen LogP contribution in [0.5, 0.6) is 0 Å². The summed E-state index contributed by atoms with van der Waals surface area (Å²) in [6, 6.07) is 9.37. The lowest BCUT2D eigenvalue weighted by atomic mass is 9.83. The molecule has 2 atom stereocenters. The predicted octanol–water partition coefficient (Wildman–Crippen LogP) is 5.13. The normalized spacial score (nSPS) is 18.0. The molecule has 1 aliphatic rings. The average molecular weight is 442 g/mol. The number of ether oxygens (including phenoxy) is 1. The van der Waals surface area contributed by atoms with E-state index in [1.54, 1.807) is 13.8 Å². The molecular formula is C27H39NO4. The summed E-state index contributed by atoms with van der Waals surface area (Å²) in [6.45, 7) is 13.8. The Labute approximate surface area is 193 Å². The molecule has 0 bridgehead atoms. The van der Waals surface area contributed by atoms with Gasteiger partial charge in [-0.15, -0.1) is 6.58 Å². The number of nitrogens with zero attached hydrogens (tertiary/aromatic N) is 1. The highest BCUT2D eigenvalue weighted by Crippen LogP contribution is 2.31. The van der Waals surface area contributed by atoms with Gasteiger partial charge in [0, 0.05) is 17.4 Å². The minimum atomic E-state index is -0.744. The molecule has 1 amide bonds. The highest BCUT2D eigenvalue weighted by Gasteiger charge is 2.42. The molecule has 1 aromatic rings. The fraction of sp³-hybridized carbons (Fsp3) is 0.593. The van der Waals surface area contributed by atoms with Gasteiger partial charge < -0.3 is 9.64 Å². The molecule has 0 aliphatic carbocycles. The van der Waals surface area contributed by atoms with Gasteiger partial charge in [-0.1, -0.05) is 71.0 Å². The molecule has 0 spiro atoms. The van der Waals surface area contributed by atoms with Crippen molar-refractivity contribution in [3.05, 3.63) is 48.6 Å². The van der Waals surface area contributed by atoms with E-state index >= 15 is 0 Å². The van der Waals surface area contributed by atoms with E-state index in [-0.39, 0.29) is 6.10 Å². The summed E-state index contributed by atoms with van der Waals surface area (Å²) in [5.41, 5.74) is 0.00952. The van der Waals surface area contributed by atoms with E-state index in [9.17, 15) is 14.4 Å². The van der Waals surface area contributed by atoms with E-state index < -0.39 is 34.5 Å². The molecule has 1 aliphatic heterocycles. The van der Waals surface area contributed by atoms with Crippen LogP contribution in [0.1, 0.15) is 72.3 Å². The molecule has 1 heterocycles. The monoisotopic (exact) mass is 441 g/mol. The zero-order valence-corrected chi connectivity index (χ0v) is 20.4. The summed E-state index contributed by atoms with van der Waals surface area (Å²) in [6.07, 6.45) is 5.55. The van der Waals surface area contributed by atoms with E-state index in [1.165, 1.54) is 10.5 Å². The van der Waals surface area contributed by atoms with Crippen molar-refractivity contribution in [2.45, 2.75) is 85.3 Å². The first-order valence-corrected chi connectivity index (χ1v) is 11.8. The predicted molar refractivity (Wildman–Crippen MR) is 127 cm³/mol. The van der Waals surface area contributed by atoms with Gasteiger partial charge in [0.2, 0.25) is 5.78 Å². The summed E-state index contributed by atoms with van der Waals surface area (Å²) < 4.78 is 6.02. The fourth-order valence-corrected chi connectivity index (χ4v) is 3.88. The second-order valence-corrected chi connectivity index (χ2v) is 10.1. The highest BCUT2D eigenvalue weighted by molar-refractivity contribution is 6.38. The van der Waals surface area contributed by atoms with Crippen molar-refractivity contribution in [2.24, 2.45) is 10.8 Å². The summed E-state index contributed by atoms with van der Waals surface area (Å²) in [4.78, 5) is 40.5. The topological polar surface area (TPSA) is 63.7 Å². The number of benzene rings is 1. The third-order valence-corrected chi connectivity index (χ3v) is 6.88. The number of piperidine rings is 1. The van der Waals surface area contributed by atoms with E-state index in [0.29, 0.717) is 25.8 Å². The third-order valence-electron chi connectivity index (χ3n) is 6.88. The van der Waals surface area contributed by atoms with Crippen LogP contribution in [0, 0.1) is 10.8 Å². The van der Waals surface area contributed by atoms with E-state index in [4.69, 9.17) is 4.74 Å². The Balaban J connectivity index is 2.17. The first-order valence-electron chi connectivity index (χ1n) is 11.8. The van der Waals surface area contributed by atoms with Crippen LogP contribution in [-0.2, 0) is 25.5 Å². The first-order chi connectivity index (χ1) is 15.0. The summed E-state index contributed by atoms with van der Waals surface area (Å²) in [5, 5.41) is 0. The number of aryl methyl sites for hydroxylation is 1. The average Bonchev–Trinajstić information content (AvgIpc) is 2.81. The molecule has 0 radical (unpaired) electrons. The second kappa shape index (κ2) is 10.9. The minimum Gasteiger partial charge on any atom is -0.460 e. The Morgan fingerprint density at radius 1 is 1.16 bits per heavy atom. The smallest absolute Gasteiger partial charge is 0.329 e. The van der Waals surface area contributed by atoms with Crippen LogP contribution in [0.15, 0.2) is 43.0 Å². The maximum atomic E-state index is 13.3. The van der Waals surface area contributed by atoms with Crippen molar-refractivity contribution in [3.8, 4) is 0 Å². The number of Topliss-reactive ketones (excluding diaryl/α,β-unsaturated/α-hetero) is 1. The summed E-state index contributed by atoms with van der Waals surface area (Å²) in [5.74, 6) is -1.43. The van der Waals surface area contributed by atoms with Crippen LogP contribution in [-0.4, -0.2) is 41.3 Å². The number of carbonyl (C=O) groups excluding carboxylic acids is 3. The van der Waals surface area contributed by atoms with Gasteiger partial charge >= 0.3 is 5.97 Å². The van der Waals surface area contributed by atoms with Gasteiger partial charge in [0.25, 0.3) is 5.91 Å². The van der Waals surface area contributed by atoms with Gasteiger partial charge in [0.1, 0.15) is 12.1 Å². The van der Waals surface area contributed by atoms with Gasteiger partial charge in [-0.2, -0.15) is 0 Å². The zero-order chi connectivity index (χ0) is 23.9. The van der Waals surface area contributed by atoms with E-state index in [2.05, 4.69) is 18.7 Å². The summed E-state index contributed by atoms with van der Waals surface area (Å²) in [7, 11) is 0. The molecule has 1 unspecified atom stereocenters. The number of ketones is 1. The Morgan fingerprint density at radius 2 is 1.81 bits per heavy atom. The van der Waals surface area contributed by atoms with Crippen molar-refractivity contribution in [1.82, 2.24) is 4.90 Å². The third kappa shape index (κ3) is 6.30. The second-order valence-electron chi connectivity index (χ2n) is 10.1. The van der Waals surface area contributed by atoms with Gasteiger partial charge in [-0.05, 0) is 44.1 Å². The number of rotatable bonds is 10. The Morgan fingerprint density at radius 3 is 2.41 bits per heavy atom. The molecule has 1 saturated heterocycles. The van der Waals surface area contributed by atoms with Gasteiger partial charge in [0.15, 0.2) is 0 Å². The van der Waals surface area contributed by atoms with Crippen molar-refractivity contribution in [1.29, 1.82) is 0 Å². The van der Waals surface area contributed by atoms with Crippen LogP contribution in [0.3, 0.4) is 0 Å². The molecule has 5 nitrogen and oxygen atoms in total. The lowest BCUT2D eigenvalue weighted by Crippen LogP contribution is -2.54. The van der Waals surface area contributed by atoms with Gasteiger partial charge in [0.05, 0.1) is 0 Å². The lowest BCUT2D eigenvalue weighted by molar-refractivity contribution is -0.167. The summed E-state index contributed by atoms with van der Waals surface area (Å²) >= 11 is 0. The van der Waals surface area contributed by atoms with Crippen molar-refractivity contribution >= 4 is 17.7 Å². The maximum Gasteiger partial charge on any atom is 0.329 e. The van der Waals surface area contributed by atoms with Gasteiger partial charge in [-0.25, -0.2) is 4.79 Å². The molecule has 176 valence electrons. The molecule has 2 rings (SSSR count). The largest absolute Gasteiger partial charge is 0.460 e. The quantitative estimate of drug-likeness (QED) is 0.287. The number of likely N-dealkylation sites (tertiary alicyclic amines) is 1. The number of carbonyl (C=O) groups is 3. The molecule has 0 aromatic heterocycles. The van der Waals surface area contributed by atoms with Crippen molar-refractivity contribution in [2.75, 3.05) is 6.54 Å². The molecule has 1 aromatic carbocycles. The van der Waals surface area contributed by atoms with Crippen LogP contribution in [0.25, 0.3) is 0 Å². The highest BCUT2D eigenvalue weighted by atomic mass is 16.5. The molecule has 5 heteroatoms. The Kier molecular flexibility index (Phi) is 8.82. The van der Waals surface area contributed by atoms with Crippen LogP contribution in [0.2, 0.25) is 0 Å². The standard InChI is InChI=1S/C27H39NO4/c1-7-26(3,4)22(18-17-20-14-10-9-11-15-20)32-25(31)21-16-12-13-19-28(21)24(30)23(29)27(5,6)8-2/h7,9-11,14-15,21-22H,1,8,12-13,16-19H2,2-6H3/t21-,22?/m0/s1. The Bertz CT molecular complexity index is 812. The van der Waals surface area contributed by atoms with E-state index in [1.807, 2.05) is 45.0 Å². The number of hydrogen-bond acceptors (Lipinski definition) is 4. The van der Waals surface area contributed by atoms with Crippen molar-refractivity contribution < 1.29 is 19.1 Å². The molecule has 1 fully saturated rings. The van der Waals surface area contributed by atoms with Crippen LogP contribution in [0.4, 0.5) is 0 Å². The minimum absolute atomic E-state index is 0.380. The number of hydrogen-bond donors (Lipinski definition) is 0. The fourth-order valence-electron chi connectivity index (χ4n) is 3.88. The molecule has 0 N–H and O–H groups in total. The van der Waals surface area contributed by atoms with Crippen LogP contribution >= 0.6 is 0 Å². The maximum absolute atomic E-state index is 13.3. The molecule has 32 heavy (non-hydrogen) atoms. The van der Waals surface area contributed by atoms with Gasteiger partial charge in [-0.3, -0.25) is 9.59 Å². The molecule has 0 saturated carbocycles. The SMILES string of the molecule is C=CC(C)(C)C(CCc1ccccc1)OC(=O)[C@@H]1CCCCN1C(=O)C(=O)C(C)(C)CC. The Hall–Kier alpha value is -2.43. The van der Waals surface area contributed by atoms with E-state index in [0.717, 1.165) is 19.3 Å². The van der Waals surface area contributed by atoms with Crippen LogP contribution < -0.4 is 0 Å².